The van der Waals surface area contributed by atoms with Gasteiger partial charge in [0, 0.05) is 6.42 Å². The molecule has 0 saturated carbocycles. The number of hydrogen-bond acceptors (Lipinski definition) is 4. The summed E-state index contributed by atoms with van der Waals surface area (Å²) in [6.07, 6.45) is 0.388. The van der Waals surface area contributed by atoms with Crippen molar-refractivity contribution in [3.63, 3.8) is 0 Å². The molecule has 0 spiro atoms. The third-order valence-corrected chi connectivity index (χ3v) is 1.87. The number of aliphatic carboxylic acids is 1. The summed E-state index contributed by atoms with van der Waals surface area (Å²) in [5.74, 6) is -0.862. The summed E-state index contributed by atoms with van der Waals surface area (Å²) >= 11 is 0. The molecule has 1 aromatic rings. The monoisotopic (exact) mass is 194 g/mol. The first-order chi connectivity index (χ1) is 6.65. The Morgan fingerprint density at radius 3 is 3.00 bits per heavy atom. The third-order valence-electron chi connectivity index (χ3n) is 1.87. The van der Waals surface area contributed by atoms with Gasteiger partial charge in [-0.3, -0.25) is 4.79 Å². The molecule has 1 N–H and O–H groups in total. The van der Waals surface area contributed by atoms with Gasteiger partial charge in [0.25, 0.3) is 0 Å². The highest BCUT2D eigenvalue weighted by Crippen LogP contribution is 2.05. The summed E-state index contributed by atoms with van der Waals surface area (Å²) in [6, 6.07) is 1.95. The molecule has 1 heterocycles. The van der Waals surface area contributed by atoms with Crippen LogP contribution in [-0.2, 0) is 17.8 Å². The largest absolute Gasteiger partial charge is 0.481 e. The van der Waals surface area contributed by atoms with Gasteiger partial charge < -0.3 is 5.11 Å². The molecule has 1 rings (SSSR count). The van der Waals surface area contributed by atoms with E-state index in [0.717, 1.165) is 5.69 Å². The predicted octanol–water partition coefficient (Wildman–Crippen LogP) is 0.127. The zero-order valence-corrected chi connectivity index (χ0v) is 7.77. The number of nitriles is 1. The fraction of sp³-hybridized carbons (Fsp3) is 0.500. The standard InChI is InChI=1S/C8H10N4O2/c1-6-7(2-3-8(13)14)10-11-12(6)5-4-9/h2-3,5H2,1H3,(H,13,14). The molecule has 0 atom stereocenters. The van der Waals surface area contributed by atoms with E-state index in [0.29, 0.717) is 12.1 Å². The fourth-order valence-electron chi connectivity index (χ4n) is 1.07. The van der Waals surface area contributed by atoms with Crippen LogP contribution in [0.5, 0.6) is 0 Å². The van der Waals surface area contributed by atoms with Crippen molar-refractivity contribution >= 4 is 5.97 Å². The van der Waals surface area contributed by atoms with Crippen LogP contribution >= 0.6 is 0 Å². The van der Waals surface area contributed by atoms with Gasteiger partial charge in [-0.2, -0.15) is 5.26 Å². The molecule has 14 heavy (non-hydrogen) atoms. The summed E-state index contributed by atoms with van der Waals surface area (Å²) in [5.41, 5.74) is 1.40. The molecule has 0 aliphatic heterocycles. The van der Waals surface area contributed by atoms with Crippen molar-refractivity contribution in [1.82, 2.24) is 15.0 Å². The molecule has 74 valence electrons. The maximum atomic E-state index is 10.3. The summed E-state index contributed by atoms with van der Waals surface area (Å²) in [5, 5.41) is 24.4. The van der Waals surface area contributed by atoms with Gasteiger partial charge in [0.05, 0.1) is 23.9 Å². The van der Waals surface area contributed by atoms with Crippen LogP contribution in [0.4, 0.5) is 0 Å². The van der Waals surface area contributed by atoms with E-state index in [4.69, 9.17) is 10.4 Å². The normalized spacial score (nSPS) is 9.71. The Kier molecular flexibility index (Phi) is 3.18. The molecular formula is C8H10N4O2. The summed E-state index contributed by atoms with van der Waals surface area (Å²) in [4.78, 5) is 10.3. The number of aromatic nitrogens is 3. The second kappa shape index (κ2) is 4.37. The van der Waals surface area contributed by atoms with Crippen molar-refractivity contribution in [3.05, 3.63) is 11.4 Å². The Hall–Kier alpha value is -1.90. The quantitative estimate of drug-likeness (QED) is 0.735. The van der Waals surface area contributed by atoms with Crippen LogP contribution in [0, 0.1) is 18.3 Å². The zero-order chi connectivity index (χ0) is 10.6. The molecule has 0 aromatic carbocycles. The minimum atomic E-state index is -0.862. The molecule has 1 aromatic heterocycles. The van der Waals surface area contributed by atoms with Crippen molar-refractivity contribution in [2.45, 2.75) is 26.3 Å². The molecule has 0 fully saturated rings. The molecular weight excluding hydrogens is 184 g/mol. The average Bonchev–Trinajstić information content (AvgIpc) is 2.46. The lowest BCUT2D eigenvalue weighted by Crippen LogP contribution is -2.02. The van der Waals surface area contributed by atoms with Crippen molar-refractivity contribution in [1.29, 1.82) is 5.26 Å². The Labute approximate surface area is 80.8 Å². The van der Waals surface area contributed by atoms with Gasteiger partial charge in [0.2, 0.25) is 0 Å². The van der Waals surface area contributed by atoms with E-state index < -0.39 is 5.97 Å². The Morgan fingerprint density at radius 1 is 1.71 bits per heavy atom. The number of aryl methyl sites for hydroxylation is 1. The van der Waals surface area contributed by atoms with Crippen LogP contribution < -0.4 is 0 Å². The smallest absolute Gasteiger partial charge is 0.303 e. The van der Waals surface area contributed by atoms with E-state index >= 15 is 0 Å². The Morgan fingerprint density at radius 2 is 2.43 bits per heavy atom. The second-order valence-corrected chi connectivity index (χ2v) is 2.83. The Bertz CT molecular complexity index is 377. The fourth-order valence-corrected chi connectivity index (χ4v) is 1.07. The first-order valence-electron chi connectivity index (χ1n) is 4.13. The van der Waals surface area contributed by atoms with Gasteiger partial charge in [-0.05, 0) is 6.92 Å². The number of rotatable bonds is 4. The first-order valence-corrected chi connectivity index (χ1v) is 4.13. The van der Waals surface area contributed by atoms with Crippen LogP contribution in [0.3, 0.4) is 0 Å². The molecule has 0 radical (unpaired) electrons. The van der Waals surface area contributed by atoms with Crippen LogP contribution in [-0.4, -0.2) is 26.1 Å². The lowest BCUT2D eigenvalue weighted by atomic mass is 10.2. The van der Waals surface area contributed by atoms with Crippen molar-refractivity contribution < 1.29 is 9.90 Å². The minimum Gasteiger partial charge on any atom is -0.481 e. The van der Waals surface area contributed by atoms with Gasteiger partial charge in [-0.15, -0.1) is 5.10 Å². The maximum absolute atomic E-state index is 10.3. The number of carbonyl (C=O) groups is 1. The highest BCUT2D eigenvalue weighted by Gasteiger charge is 2.09. The zero-order valence-electron chi connectivity index (χ0n) is 7.77. The van der Waals surface area contributed by atoms with Crippen molar-refractivity contribution in [2.24, 2.45) is 0 Å². The third kappa shape index (κ3) is 2.29. The number of nitrogens with zero attached hydrogens (tertiary/aromatic N) is 4. The first kappa shape index (κ1) is 10.2. The van der Waals surface area contributed by atoms with E-state index in [1.807, 2.05) is 6.07 Å². The van der Waals surface area contributed by atoms with Crippen LogP contribution in [0.1, 0.15) is 17.8 Å². The van der Waals surface area contributed by atoms with Gasteiger partial charge in [-0.25, -0.2) is 4.68 Å². The maximum Gasteiger partial charge on any atom is 0.303 e. The molecule has 6 nitrogen and oxygen atoms in total. The SMILES string of the molecule is Cc1c(CCC(=O)O)nnn1CC#N. The molecule has 0 bridgehead atoms. The van der Waals surface area contributed by atoms with Gasteiger partial charge in [-0.1, -0.05) is 5.21 Å². The number of hydrogen-bond donors (Lipinski definition) is 1. The molecule has 0 amide bonds. The van der Waals surface area contributed by atoms with Crippen molar-refractivity contribution in [2.75, 3.05) is 0 Å². The number of carboxylic acids is 1. The van der Waals surface area contributed by atoms with E-state index in [1.165, 1.54) is 4.68 Å². The van der Waals surface area contributed by atoms with E-state index in [1.54, 1.807) is 6.92 Å². The minimum absolute atomic E-state index is 0.0338. The summed E-state index contributed by atoms with van der Waals surface area (Å²) < 4.78 is 1.46. The van der Waals surface area contributed by atoms with E-state index in [2.05, 4.69) is 10.3 Å². The highest BCUT2D eigenvalue weighted by molar-refractivity contribution is 5.66. The molecule has 0 unspecified atom stereocenters. The number of carboxylic acid groups (broad SMARTS) is 1. The summed E-state index contributed by atoms with van der Waals surface area (Å²) in [6.45, 7) is 1.92. The lowest BCUT2D eigenvalue weighted by molar-refractivity contribution is -0.136. The van der Waals surface area contributed by atoms with E-state index in [9.17, 15) is 4.79 Å². The molecule has 6 heteroatoms. The predicted molar refractivity (Wildman–Crippen MR) is 46.3 cm³/mol. The summed E-state index contributed by atoms with van der Waals surface area (Å²) in [7, 11) is 0. The van der Waals surface area contributed by atoms with Crippen molar-refractivity contribution in [3.8, 4) is 6.07 Å². The Balaban J connectivity index is 2.70. The average molecular weight is 194 g/mol. The molecule has 0 aliphatic carbocycles. The van der Waals surface area contributed by atoms with Crippen LogP contribution in [0.25, 0.3) is 0 Å². The second-order valence-electron chi connectivity index (χ2n) is 2.83. The van der Waals surface area contributed by atoms with Gasteiger partial charge in [0.15, 0.2) is 0 Å². The molecule has 0 aliphatic rings. The van der Waals surface area contributed by atoms with Crippen LogP contribution in [0.15, 0.2) is 0 Å². The van der Waals surface area contributed by atoms with E-state index in [-0.39, 0.29) is 13.0 Å². The highest BCUT2D eigenvalue weighted by atomic mass is 16.4. The van der Waals surface area contributed by atoms with Gasteiger partial charge >= 0.3 is 5.97 Å². The van der Waals surface area contributed by atoms with Crippen LogP contribution in [0.2, 0.25) is 0 Å². The lowest BCUT2D eigenvalue weighted by Gasteiger charge is -1.96. The molecule has 0 saturated heterocycles. The topological polar surface area (TPSA) is 91.8 Å². The van der Waals surface area contributed by atoms with Gasteiger partial charge in [0.1, 0.15) is 6.54 Å².